The van der Waals surface area contributed by atoms with Gasteiger partial charge in [-0.25, -0.2) is 9.67 Å². The lowest BCUT2D eigenvalue weighted by molar-refractivity contribution is -0.122. The van der Waals surface area contributed by atoms with Crippen LogP contribution in [0.5, 0.6) is 0 Å². The van der Waals surface area contributed by atoms with Crippen molar-refractivity contribution in [1.82, 2.24) is 20.1 Å². The van der Waals surface area contributed by atoms with E-state index in [2.05, 4.69) is 39.7 Å². The highest BCUT2D eigenvalue weighted by Crippen LogP contribution is 2.47. The second kappa shape index (κ2) is 6.89. The normalized spacial score (nSPS) is 18.7. The molecular formula is C20H20N4O. The number of carbonyl (C=O) groups excluding carboxylic acids is 1. The van der Waals surface area contributed by atoms with Crippen molar-refractivity contribution in [2.24, 2.45) is 5.92 Å². The fraction of sp³-hybridized carbons (Fsp3) is 0.250. The van der Waals surface area contributed by atoms with Crippen molar-refractivity contribution in [2.75, 3.05) is 0 Å². The van der Waals surface area contributed by atoms with E-state index in [1.54, 1.807) is 11.0 Å². The molecule has 5 nitrogen and oxygen atoms in total. The van der Waals surface area contributed by atoms with E-state index in [0.29, 0.717) is 19.0 Å². The van der Waals surface area contributed by atoms with Gasteiger partial charge >= 0.3 is 0 Å². The zero-order valence-electron chi connectivity index (χ0n) is 13.9. The molecule has 0 unspecified atom stereocenters. The van der Waals surface area contributed by atoms with Gasteiger partial charge in [0.25, 0.3) is 0 Å². The Kier molecular flexibility index (Phi) is 4.29. The van der Waals surface area contributed by atoms with E-state index < -0.39 is 0 Å². The fourth-order valence-corrected chi connectivity index (χ4v) is 3.21. The minimum atomic E-state index is 0.112. The average molecular weight is 332 g/mol. The van der Waals surface area contributed by atoms with Crippen molar-refractivity contribution in [2.45, 2.75) is 25.4 Å². The molecule has 25 heavy (non-hydrogen) atoms. The monoisotopic (exact) mass is 332 g/mol. The van der Waals surface area contributed by atoms with Gasteiger partial charge in [-0.1, -0.05) is 54.6 Å². The molecule has 126 valence electrons. The summed E-state index contributed by atoms with van der Waals surface area (Å²) in [6.07, 6.45) is 4.18. The smallest absolute Gasteiger partial charge is 0.224 e. The highest BCUT2D eigenvalue weighted by molar-refractivity contribution is 5.82. The number of nitrogens with zero attached hydrogens (tertiary/aromatic N) is 3. The largest absolute Gasteiger partial charge is 0.352 e. The van der Waals surface area contributed by atoms with Crippen molar-refractivity contribution in [1.29, 1.82) is 0 Å². The second-order valence-corrected chi connectivity index (χ2v) is 6.49. The third-order valence-electron chi connectivity index (χ3n) is 4.62. The second-order valence-electron chi connectivity index (χ2n) is 6.49. The molecule has 0 radical (unpaired) electrons. The number of rotatable bonds is 6. The Labute approximate surface area is 146 Å². The van der Waals surface area contributed by atoms with Crippen LogP contribution in [0.3, 0.4) is 0 Å². The quantitative estimate of drug-likeness (QED) is 0.755. The summed E-state index contributed by atoms with van der Waals surface area (Å²) in [4.78, 5) is 16.3. The molecule has 1 saturated carbocycles. The molecule has 0 spiro atoms. The lowest BCUT2D eigenvalue weighted by Gasteiger charge is -2.08. The summed E-state index contributed by atoms with van der Waals surface area (Å²) in [5.41, 5.74) is 3.51. The van der Waals surface area contributed by atoms with Crippen molar-refractivity contribution in [3.8, 4) is 0 Å². The van der Waals surface area contributed by atoms with Crippen LogP contribution < -0.4 is 5.32 Å². The highest BCUT2D eigenvalue weighted by atomic mass is 16.2. The zero-order chi connectivity index (χ0) is 17.1. The van der Waals surface area contributed by atoms with Gasteiger partial charge in [-0.2, -0.15) is 5.10 Å². The number of benzene rings is 2. The van der Waals surface area contributed by atoms with Gasteiger partial charge < -0.3 is 5.32 Å². The molecule has 0 aliphatic heterocycles. The van der Waals surface area contributed by atoms with Gasteiger partial charge in [0.15, 0.2) is 0 Å². The Balaban J connectivity index is 1.32. The van der Waals surface area contributed by atoms with Gasteiger partial charge in [-0.05, 0) is 29.0 Å². The molecule has 1 aliphatic carbocycles. The van der Waals surface area contributed by atoms with Gasteiger partial charge in [-0.3, -0.25) is 4.79 Å². The van der Waals surface area contributed by atoms with Crippen LogP contribution in [-0.4, -0.2) is 20.7 Å². The first-order chi connectivity index (χ1) is 12.3. The standard InChI is InChI=1S/C20H20N4O/c25-20(19-10-18(19)17-7-2-1-3-8-17)22-11-15-5-4-6-16(9-15)12-24-14-21-13-23-24/h1-9,13-14,18-19H,10-12H2,(H,22,25)/t18-,19+/m1/s1. The van der Waals surface area contributed by atoms with Gasteiger partial charge in [0.05, 0.1) is 6.54 Å². The Bertz CT molecular complexity index is 845. The molecule has 5 heteroatoms. The van der Waals surface area contributed by atoms with Gasteiger partial charge in [0.1, 0.15) is 12.7 Å². The van der Waals surface area contributed by atoms with Crippen LogP contribution in [0.4, 0.5) is 0 Å². The number of amides is 1. The summed E-state index contributed by atoms with van der Waals surface area (Å²) in [5.74, 6) is 0.635. The Morgan fingerprint density at radius 1 is 1.12 bits per heavy atom. The Morgan fingerprint density at radius 2 is 1.96 bits per heavy atom. The fourth-order valence-electron chi connectivity index (χ4n) is 3.21. The maximum absolute atomic E-state index is 12.4. The SMILES string of the molecule is O=C(NCc1cccc(Cn2cncn2)c1)[C@H]1C[C@@H]1c1ccccc1. The summed E-state index contributed by atoms with van der Waals surface area (Å²) in [6.45, 7) is 1.24. The topological polar surface area (TPSA) is 59.8 Å². The van der Waals surface area contributed by atoms with Crippen molar-refractivity contribution in [3.05, 3.63) is 83.9 Å². The number of hydrogen-bond donors (Lipinski definition) is 1. The summed E-state index contributed by atoms with van der Waals surface area (Å²) < 4.78 is 1.78. The molecule has 0 saturated heterocycles. The van der Waals surface area contributed by atoms with Crippen LogP contribution in [0.15, 0.2) is 67.3 Å². The van der Waals surface area contributed by atoms with Crippen LogP contribution >= 0.6 is 0 Å². The predicted octanol–water partition coefficient (Wildman–Crippen LogP) is 2.75. The molecule has 4 rings (SSSR count). The molecule has 1 aliphatic rings. The molecule has 2 atom stereocenters. The Hall–Kier alpha value is -2.95. The minimum absolute atomic E-state index is 0.112. The molecular weight excluding hydrogens is 312 g/mol. The minimum Gasteiger partial charge on any atom is -0.352 e. The third kappa shape index (κ3) is 3.76. The molecule has 1 aromatic heterocycles. The summed E-state index contributed by atoms with van der Waals surface area (Å²) in [7, 11) is 0. The third-order valence-corrected chi connectivity index (χ3v) is 4.62. The molecule has 1 amide bonds. The van der Waals surface area contributed by atoms with E-state index in [9.17, 15) is 4.79 Å². The van der Waals surface area contributed by atoms with Crippen molar-refractivity contribution < 1.29 is 4.79 Å². The van der Waals surface area contributed by atoms with E-state index >= 15 is 0 Å². The summed E-state index contributed by atoms with van der Waals surface area (Å²) in [6, 6.07) is 18.5. The van der Waals surface area contributed by atoms with E-state index in [-0.39, 0.29) is 11.8 Å². The lowest BCUT2D eigenvalue weighted by atomic mass is 10.1. The Morgan fingerprint density at radius 3 is 2.76 bits per heavy atom. The number of aromatic nitrogens is 3. The lowest BCUT2D eigenvalue weighted by Crippen LogP contribution is -2.24. The van der Waals surface area contributed by atoms with Crippen LogP contribution in [-0.2, 0) is 17.9 Å². The molecule has 0 bridgehead atoms. The van der Waals surface area contributed by atoms with Gasteiger partial charge in [0, 0.05) is 12.5 Å². The molecule has 1 heterocycles. The van der Waals surface area contributed by atoms with Crippen LogP contribution in [0.1, 0.15) is 29.0 Å². The average Bonchev–Trinajstić information content (AvgIpc) is 3.30. The summed E-state index contributed by atoms with van der Waals surface area (Å²) in [5, 5.41) is 7.19. The van der Waals surface area contributed by atoms with E-state index in [4.69, 9.17) is 0 Å². The first-order valence-electron chi connectivity index (χ1n) is 8.52. The van der Waals surface area contributed by atoms with Crippen LogP contribution in [0.2, 0.25) is 0 Å². The van der Waals surface area contributed by atoms with E-state index in [1.807, 2.05) is 30.3 Å². The maximum atomic E-state index is 12.4. The summed E-state index contributed by atoms with van der Waals surface area (Å²) >= 11 is 0. The van der Waals surface area contributed by atoms with Crippen molar-refractivity contribution in [3.63, 3.8) is 0 Å². The number of hydrogen-bond acceptors (Lipinski definition) is 3. The number of nitrogens with one attached hydrogen (secondary N) is 1. The van der Waals surface area contributed by atoms with E-state index in [0.717, 1.165) is 17.5 Å². The molecule has 3 aromatic rings. The van der Waals surface area contributed by atoms with E-state index in [1.165, 1.54) is 11.9 Å². The number of carbonyl (C=O) groups is 1. The zero-order valence-corrected chi connectivity index (χ0v) is 13.9. The predicted molar refractivity (Wildman–Crippen MR) is 94.7 cm³/mol. The maximum Gasteiger partial charge on any atom is 0.224 e. The van der Waals surface area contributed by atoms with Crippen molar-refractivity contribution >= 4 is 5.91 Å². The van der Waals surface area contributed by atoms with Gasteiger partial charge in [-0.15, -0.1) is 0 Å². The molecule has 1 fully saturated rings. The molecule has 2 aromatic carbocycles. The first kappa shape index (κ1) is 15.6. The molecule has 1 N–H and O–H groups in total. The first-order valence-corrected chi connectivity index (χ1v) is 8.52. The van der Waals surface area contributed by atoms with Crippen LogP contribution in [0, 0.1) is 5.92 Å². The van der Waals surface area contributed by atoms with Crippen LogP contribution in [0.25, 0.3) is 0 Å². The highest BCUT2D eigenvalue weighted by Gasteiger charge is 2.43. The van der Waals surface area contributed by atoms with Gasteiger partial charge in [0.2, 0.25) is 5.91 Å².